The number of ether oxygens (including phenoxy) is 3. The first kappa shape index (κ1) is 20.6. The molecule has 0 unspecified atom stereocenters. The Morgan fingerprint density at radius 3 is 2.37 bits per heavy atom. The second kappa shape index (κ2) is 9.28. The van der Waals surface area contributed by atoms with Crippen LogP contribution in [0.1, 0.15) is 26.3 Å². The van der Waals surface area contributed by atoms with Gasteiger partial charge in [0.05, 0.1) is 14.2 Å². The number of benzene rings is 2. The maximum Gasteiger partial charge on any atom is 0.422 e. The maximum atomic E-state index is 11.7. The number of rotatable bonds is 7. The van der Waals surface area contributed by atoms with E-state index in [-0.39, 0.29) is 0 Å². The monoisotopic (exact) mass is 372 g/mol. The van der Waals surface area contributed by atoms with Gasteiger partial charge in [0, 0.05) is 6.54 Å². The number of hydrogen-bond acceptors (Lipinski definition) is 5. The van der Waals surface area contributed by atoms with E-state index in [2.05, 4.69) is 23.0 Å². The Hall–Kier alpha value is -2.73. The third-order valence-corrected chi connectivity index (χ3v) is 3.82. The Morgan fingerprint density at radius 2 is 1.70 bits per heavy atom. The lowest BCUT2D eigenvalue weighted by atomic mass is 9.97. The summed E-state index contributed by atoms with van der Waals surface area (Å²) in [5.41, 5.74) is 8.25. The van der Waals surface area contributed by atoms with E-state index >= 15 is 0 Å². The molecular weight excluding hydrogens is 344 g/mol. The molecule has 2 aromatic rings. The minimum absolute atomic E-state index is 0.490. The Kier molecular flexibility index (Phi) is 7.07. The van der Waals surface area contributed by atoms with Crippen molar-refractivity contribution in [1.82, 2.24) is 10.9 Å². The number of carbonyl (C=O) groups excluding carboxylic acids is 1. The van der Waals surface area contributed by atoms with E-state index < -0.39 is 11.7 Å². The summed E-state index contributed by atoms with van der Waals surface area (Å²) in [6, 6.07) is 14.0. The molecule has 2 N–H and O–H groups in total. The third kappa shape index (κ3) is 6.18. The van der Waals surface area contributed by atoms with Crippen molar-refractivity contribution in [3.05, 3.63) is 48.0 Å². The standard InChI is InChI=1S/C21H28N2O4/c1-21(2,3)27-20(24)23-22-13-12-15-8-6-7-9-17(15)16-10-11-18(25-4)19(14-16)26-5/h6-11,14,22H,12-13H2,1-5H3,(H,23,24). The van der Waals surface area contributed by atoms with Gasteiger partial charge >= 0.3 is 6.09 Å². The van der Waals surface area contributed by atoms with Crippen LogP contribution in [0, 0.1) is 0 Å². The van der Waals surface area contributed by atoms with Gasteiger partial charge in [0.15, 0.2) is 11.5 Å². The Morgan fingerprint density at radius 1 is 1.00 bits per heavy atom. The van der Waals surface area contributed by atoms with E-state index in [1.54, 1.807) is 14.2 Å². The molecule has 27 heavy (non-hydrogen) atoms. The highest BCUT2D eigenvalue weighted by Gasteiger charge is 2.15. The largest absolute Gasteiger partial charge is 0.493 e. The van der Waals surface area contributed by atoms with Crippen LogP contribution in [0.2, 0.25) is 0 Å². The lowest BCUT2D eigenvalue weighted by molar-refractivity contribution is 0.0499. The van der Waals surface area contributed by atoms with Gasteiger partial charge in [-0.25, -0.2) is 10.2 Å². The molecule has 6 heteroatoms. The van der Waals surface area contributed by atoms with Crippen LogP contribution in [0.4, 0.5) is 4.79 Å². The molecule has 0 spiro atoms. The van der Waals surface area contributed by atoms with Crippen LogP contribution in [0.15, 0.2) is 42.5 Å². The van der Waals surface area contributed by atoms with E-state index in [4.69, 9.17) is 14.2 Å². The SMILES string of the molecule is COc1ccc(-c2ccccc2CCNNC(=O)OC(C)(C)C)cc1OC. The van der Waals surface area contributed by atoms with E-state index in [1.165, 1.54) is 0 Å². The fourth-order valence-electron chi connectivity index (χ4n) is 2.66. The molecule has 0 fully saturated rings. The zero-order valence-electron chi connectivity index (χ0n) is 16.6. The van der Waals surface area contributed by atoms with Crippen LogP contribution in [0.5, 0.6) is 11.5 Å². The smallest absolute Gasteiger partial charge is 0.422 e. The van der Waals surface area contributed by atoms with Crippen LogP contribution < -0.4 is 20.3 Å². The second-order valence-electron chi connectivity index (χ2n) is 7.03. The van der Waals surface area contributed by atoms with Gasteiger partial charge in [0.25, 0.3) is 0 Å². The van der Waals surface area contributed by atoms with E-state index in [0.717, 1.165) is 23.1 Å². The number of carbonyl (C=O) groups is 1. The van der Waals surface area contributed by atoms with Crippen molar-refractivity contribution in [3.8, 4) is 22.6 Å². The molecule has 2 rings (SSSR count). The quantitative estimate of drug-likeness (QED) is 0.569. The maximum absolute atomic E-state index is 11.7. The van der Waals surface area contributed by atoms with Crippen molar-refractivity contribution < 1.29 is 19.0 Å². The van der Waals surface area contributed by atoms with Gasteiger partial charge in [-0.05, 0) is 56.0 Å². The minimum Gasteiger partial charge on any atom is -0.493 e. The molecule has 0 aliphatic rings. The van der Waals surface area contributed by atoms with Crippen molar-refractivity contribution in [2.45, 2.75) is 32.8 Å². The summed E-state index contributed by atoms with van der Waals surface area (Å²) in [5.74, 6) is 1.39. The first-order valence-electron chi connectivity index (χ1n) is 8.86. The molecule has 0 atom stereocenters. The lowest BCUT2D eigenvalue weighted by Gasteiger charge is -2.20. The summed E-state index contributed by atoms with van der Waals surface area (Å²) in [6.45, 7) is 6.05. The van der Waals surface area contributed by atoms with Gasteiger partial charge in [0.2, 0.25) is 0 Å². The molecule has 2 aromatic carbocycles. The van der Waals surface area contributed by atoms with Crippen LogP contribution in [0.25, 0.3) is 11.1 Å². The summed E-state index contributed by atoms with van der Waals surface area (Å²) in [6.07, 6.45) is 0.246. The van der Waals surface area contributed by atoms with Crippen molar-refractivity contribution in [3.63, 3.8) is 0 Å². The second-order valence-corrected chi connectivity index (χ2v) is 7.03. The van der Waals surface area contributed by atoms with E-state index in [0.29, 0.717) is 18.0 Å². The third-order valence-electron chi connectivity index (χ3n) is 3.82. The van der Waals surface area contributed by atoms with Gasteiger partial charge < -0.3 is 14.2 Å². The van der Waals surface area contributed by atoms with Gasteiger partial charge in [-0.3, -0.25) is 5.43 Å². The van der Waals surface area contributed by atoms with Crippen LogP contribution in [0.3, 0.4) is 0 Å². The first-order valence-corrected chi connectivity index (χ1v) is 8.86. The molecule has 0 heterocycles. The summed E-state index contributed by atoms with van der Waals surface area (Å²) < 4.78 is 15.9. The van der Waals surface area contributed by atoms with Crippen molar-refractivity contribution in [2.75, 3.05) is 20.8 Å². The van der Waals surface area contributed by atoms with Crippen LogP contribution >= 0.6 is 0 Å². The molecule has 0 saturated heterocycles. The Bertz CT molecular complexity index is 769. The zero-order chi connectivity index (χ0) is 19.9. The molecule has 0 aliphatic heterocycles. The highest BCUT2D eigenvalue weighted by molar-refractivity contribution is 5.70. The van der Waals surface area contributed by atoms with Gasteiger partial charge in [0.1, 0.15) is 5.60 Å². The highest BCUT2D eigenvalue weighted by Crippen LogP contribution is 2.33. The molecule has 146 valence electrons. The van der Waals surface area contributed by atoms with E-state index in [9.17, 15) is 4.79 Å². The van der Waals surface area contributed by atoms with Crippen molar-refractivity contribution in [2.24, 2.45) is 0 Å². The first-order chi connectivity index (χ1) is 12.8. The minimum atomic E-state index is -0.522. The summed E-state index contributed by atoms with van der Waals surface area (Å²) in [7, 11) is 3.24. The average molecular weight is 372 g/mol. The summed E-state index contributed by atoms with van der Waals surface area (Å²) in [5, 5.41) is 0. The molecule has 0 radical (unpaired) electrons. The summed E-state index contributed by atoms with van der Waals surface area (Å²) >= 11 is 0. The predicted octanol–water partition coefficient (Wildman–Crippen LogP) is 3.94. The van der Waals surface area contributed by atoms with Crippen LogP contribution in [-0.2, 0) is 11.2 Å². The molecule has 1 amide bonds. The zero-order valence-corrected chi connectivity index (χ0v) is 16.6. The number of nitrogens with one attached hydrogen (secondary N) is 2. The molecular formula is C21H28N2O4. The molecule has 0 bridgehead atoms. The molecule has 0 saturated carbocycles. The number of hydrogen-bond donors (Lipinski definition) is 2. The number of methoxy groups -OCH3 is 2. The van der Waals surface area contributed by atoms with Crippen LogP contribution in [-0.4, -0.2) is 32.5 Å². The highest BCUT2D eigenvalue weighted by atomic mass is 16.6. The van der Waals surface area contributed by atoms with E-state index in [1.807, 2.05) is 51.1 Å². The number of hydrazine groups is 1. The number of amides is 1. The molecule has 0 aromatic heterocycles. The van der Waals surface area contributed by atoms with Gasteiger partial charge in [-0.2, -0.15) is 0 Å². The van der Waals surface area contributed by atoms with Gasteiger partial charge in [-0.15, -0.1) is 0 Å². The summed E-state index contributed by atoms with van der Waals surface area (Å²) in [4.78, 5) is 11.7. The normalized spacial score (nSPS) is 11.0. The Labute approximate surface area is 160 Å². The van der Waals surface area contributed by atoms with Gasteiger partial charge in [-0.1, -0.05) is 30.3 Å². The van der Waals surface area contributed by atoms with Crippen molar-refractivity contribution in [1.29, 1.82) is 0 Å². The van der Waals surface area contributed by atoms with Crippen molar-refractivity contribution >= 4 is 6.09 Å². The predicted molar refractivity (Wildman–Crippen MR) is 106 cm³/mol. The average Bonchev–Trinajstić information content (AvgIpc) is 2.63. The topological polar surface area (TPSA) is 68.8 Å². The lowest BCUT2D eigenvalue weighted by Crippen LogP contribution is -2.42. The fourth-order valence-corrected chi connectivity index (χ4v) is 2.66. The Balaban J connectivity index is 2.03. The molecule has 6 nitrogen and oxygen atoms in total. The fraction of sp³-hybridized carbons (Fsp3) is 0.381. The molecule has 0 aliphatic carbocycles.